The van der Waals surface area contributed by atoms with Gasteiger partial charge in [-0.15, -0.1) is 0 Å². The van der Waals surface area contributed by atoms with Gasteiger partial charge in [0.2, 0.25) is 5.91 Å². The van der Waals surface area contributed by atoms with Gasteiger partial charge in [-0.05, 0) is 31.0 Å². The zero-order valence-corrected chi connectivity index (χ0v) is 11.1. The van der Waals surface area contributed by atoms with E-state index in [2.05, 4.69) is 26.6 Å². The number of anilines is 2. The van der Waals surface area contributed by atoms with Gasteiger partial charge in [0.1, 0.15) is 0 Å². The quantitative estimate of drug-likeness (QED) is 0.769. The van der Waals surface area contributed by atoms with E-state index in [-0.39, 0.29) is 11.4 Å². The lowest BCUT2D eigenvalue weighted by atomic mass is 9.93. The Morgan fingerprint density at radius 3 is 2.71 bits per heavy atom. The Hall–Kier alpha value is -1.03. The fourth-order valence-electron chi connectivity index (χ4n) is 2.91. The molecule has 0 radical (unpaired) electrons. The SMILES string of the molecule is O=C1CC2(CCCC2)Nc2cc(Br)ccc2N1. The Morgan fingerprint density at radius 1 is 1.18 bits per heavy atom. The monoisotopic (exact) mass is 294 g/mol. The van der Waals surface area contributed by atoms with Crippen molar-refractivity contribution in [2.24, 2.45) is 0 Å². The molecule has 1 aliphatic carbocycles. The van der Waals surface area contributed by atoms with Gasteiger partial charge in [0.15, 0.2) is 0 Å². The molecular weight excluding hydrogens is 280 g/mol. The minimum absolute atomic E-state index is 0.0177. The summed E-state index contributed by atoms with van der Waals surface area (Å²) in [5, 5.41) is 6.57. The standard InChI is InChI=1S/C13H15BrN2O/c14-9-3-4-10-11(7-9)16-13(5-1-2-6-13)8-12(17)15-10/h3-4,7,16H,1-2,5-6,8H2,(H,15,17). The van der Waals surface area contributed by atoms with Gasteiger partial charge in [-0.25, -0.2) is 0 Å². The predicted octanol–water partition coefficient (Wildman–Crippen LogP) is 3.52. The summed E-state index contributed by atoms with van der Waals surface area (Å²) in [6, 6.07) is 5.94. The Morgan fingerprint density at radius 2 is 1.94 bits per heavy atom. The number of nitrogens with one attached hydrogen (secondary N) is 2. The van der Waals surface area contributed by atoms with Crippen molar-refractivity contribution < 1.29 is 4.79 Å². The summed E-state index contributed by atoms with van der Waals surface area (Å²) in [6.45, 7) is 0. The summed E-state index contributed by atoms with van der Waals surface area (Å²) in [4.78, 5) is 11.9. The van der Waals surface area contributed by atoms with Gasteiger partial charge in [0.25, 0.3) is 0 Å². The summed E-state index contributed by atoms with van der Waals surface area (Å²) in [7, 11) is 0. The minimum atomic E-state index is -0.0177. The van der Waals surface area contributed by atoms with Crippen molar-refractivity contribution in [1.82, 2.24) is 0 Å². The molecule has 1 spiro atoms. The lowest BCUT2D eigenvalue weighted by Gasteiger charge is -2.28. The summed E-state index contributed by atoms with van der Waals surface area (Å²) in [5.74, 6) is 0.125. The topological polar surface area (TPSA) is 41.1 Å². The maximum absolute atomic E-state index is 11.9. The zero-order valence-electron chi connectivity index (χ0n) is 9.55. The number of benzene rings is 1. The molecule has 0 atom stereocenters. The highest BCUT2D eigenvalue weighted by Crippen LogP contribution is 2.40. The maximum atomic E-state index is 11.9. The molecule has 90 valence electrons. The van der Waals surface area contributed by atoms with Crippen molar-refractivity contribution in [1.29, 1.82) is 0 Å². The Bertz CT molecular complexity index is 466. The van der Waals surface area contributed by atoms with E-state index in [9.17, 15) is 4.79 Å². The lowest BCUT2D eigenvalue weighted by Crippen LogP contribution is -2.36. The number of fused-ring (bicyclic) bond motifs is 1. The highest BCUT2D eigenvalue weighted by Gasteiger charge is 2.38. The van der Waals surface area contributed by atoms with E-state index in [4.69, 9.17) is 0 Å². The second-order valence-electron chi connectivity index (χ2n) is 5.03. The van der Waals surface area contributed by atoms with Crippen molar-refractivity contribution in [3.05, 3.63) is 22.7 Å². The molecular formula is C13H15BrN2O. The average Bonchev–Trinajstić information content (AvgIpc) is 2.64. The van der Waals surface area contributed by atoms with Crippen LogP contribution in [0.2, 0.25) is 0 Å². The molecule has 3 rings (SSSR count). The Kier molecular flexibility index (Phi) is 2.62. The molecule has 1 aromatic rings. The van der Waals surface area contributed by atoms with E-state index in [0.717, 1.165) is 28.7 Å². The number of halogens is 1. The van der Waals surface area contributed by atoms with Crippen LogP contribution >= 0.6 is 15.9 Å². The molecule has 3 nitrogen and oxygen atoms in total. The second-order valence-corrected chi connectivity index (χ2v) is 5.94. The molecule has 1 fully saturated rings. The molecule has 2 aliphatic rings. The summed E-state index contributed by atoms with van der Waals surface area (Å²) in [5.41, 5.74) is 1.91. The first kappa shape index (κ1) is 11.1. The number of hydrogen-bond acceptors (Lipinski definition) is 2. The highest BCUT2D eigenvalue weighted by atomic mass is 79.9. The zero-order chi connectivity index (χ0) is 11.9. The third-order valence-electron chi connectivity index (χ3n) is 3.72. The fourth-order valence-corrected chi connectivity index (χ4v) is 3.28. The van der Waals surface area contributed by atoms with Crippen molar-refractivity contribution >= 4 is 33.2 Å². The molecule has 0 aromatic heterocycles. The molecule has 1 aromatic carbocycles. The van der Waals surface area contributed by atoms with Crippen molar-refractivity contribution in [2.45, 2.75) is 37.6 Å². The minimum Gasteiger partial charge on any atom is -0.377 e. The van der Waals surface area contributed by atoms with Crippen LogP contribution < -0.4 is 10.6 Å². The number of carbonyl (C=O) groups excluding carboxylic acids is 1. The normalized spacial score (nSPS) is 21.6. The van der Waals surface area contributed by atoms with Crippen LogP contribution in [0, 0.1) is 0 Å². The van der Waals surface area contributed by atoms with Crippen LogP contribution in [-0.2, 0) is 4.79 Å². The molecule has 1 saturated carbocycles. The number of rotatable bonds is 0. The van der Waals surface area contributed by atoms with E-state index in [0.29, 0.717) is 6.42 Å². The van der Waals surface area contributed by atoms with Gasteiger partial charge in [-0.1, -0.05) is 28.8 Å². The molecule has 2 N–H and O–H groups in total. The van der Waals surface area contributed by atoms with Crippen LogP contribution in [0.25, 0.3) is 0 Å². The summed E-state index contributed by atoms with van der Waals surface area (Å²) < 4.78 is 1.04. The maximum Gasteiger partial charge on any atom is 0.226 e. The van der Waals surface area contributed by atoms with Crippen molar-refractivity contribution in [3.8, 4) is 0 Å². The van der Waals surface area contributed by atoms with Crippen LogP contribution in [0.5, 0.6) is 0 Å². The van der Waals surface area contributed by atoms with Gasteiger partial charge in [0.05, 0.1) is 11.4 Å². The van der Waals surface area contributed by atoms with E-state index in [1.807, 2.05) is 18.2 Å². The second kappa shape index (κ2) is 4.02. The van der Waals surface area contributed by atoms with Crippen LogP contribution in [-0.4, -0.2) is 11.4 Å². The number of hydrogen-bond donors (Lipinski definition) is 2. The van der Waals surface area contributed by atoms with Crippen LogP contribution in [0.3, 0.4) is 0 Å². The molecule has 0 bridgehead atoms. The molecule has 0 unspecified atom stereocenters. The van der Waals surface area contributed by atoms with Gasteiger partial charge in [-0.3, -0.25) is 4.79 Å². The average molecular weight is 295 g/mol. The van der Waals surface area contributed by atoms with Crippen LogP contribution in [0.15, 0.2) is 22.7 Å². The van der Waals surface area contributed by atoms with Crippen LogP contribution in [0.1, 0.15) is 32.1 Å². The smallest absolute Gasteiger partial charge is 0.226 e. The van der Waals surface area contributed by atoms with Crippen LogP contribution in [0.4, 0.5) is 11.4 Å². The first-order chi connectivity index (χ1) is 8.17. The third-order valence-corrected chi connectivity index (χ3v) is 4.21. The van der Waals surface area contributed by atoms with E-state index >= 15 is 0 Å². The Balaban J connectivity index is 2.02. The Labute approximate surface area is 109 Å². The van der Waals surface area contributed by atoms with E-state index < -0.39 is 0 Å². The molecule has 1 amide bonds. The van der Waals surface area contributed by atoms with Gasteiger partial charge in [-0.2, -0.15) is 0 Å². The molecule has 1 aliphatic heterocycles. The lowest BCUT2D eigenvalue weighted by molar-refractivity contribution is -0.117. The van der Waals surface area contributed by atoms with Gasteiger partial charge < -0.3 is 10.6 Å². The molecule has 4 heteroatoms. The predicted molar refractivity (Wildman–Crippen MR) is 72.2 cm³/mol. The number of amides is 1. The first-order valence-electron chi connectivity index (χ1n) is 6.05. The fraction of sp³-hybridized carbons (Fsp3) is 0.462. The highest BCUT2D eigenvalue weighted by molar-refractivity contribution is 9.10. The third kappa shape index (κ3) is 2.06. The summed E-state index contributed by atoms with van der Waals surface area (Å²) >= 11 is 3.48. The molecule has 0 saturated heterocycles. The number of carbonyl (C=O) groups is 1. The van der Waals surface area contributed by atoms with Crippen molar-refractivity contribution in [3.63, 3.8) is 0 Å². The molecule has 17 heavy (non-hydrogen) atoms. The first-order valence-corrected chi connectivity index (χ1v) is 6.84. The van der Waals surface area contributed by atoms with E-state index in [1.54, 1.807) is 0 Å². The van der Waals surface area contributed by atoms with Gasteiger partial charge in [0, 0.05) is 16.4 Å². The molecule has 1 heterocycles. The summed E-state index contributed by atoms with van der Waals surface area (Å²) in [6.07, 6.45) is 5.19. The van der Waals surface area contributed by atoms with E-state index in [1.165, 1.54) is 12.8 Å². The van der Waals surface area contributed by atoms with Crippen molar-refractivity contribution in [2.75, 3.05) is 10.6 Å². The largest absolute Gasteiger partial charge is 0.377 e. The van der Waals surface area contributed by atoms with Gasteiger partial charge >= 0.3 is 0 Å².